The molecule has 0 spiro atoms. The van der Waals surface area contributed by atoms with Gasteiger partial charge in [0.2, 0.25) is 11.8 Å². The number of hydrogen-bond donors (Lipinski definition) is 2. The fourth-order valence-electron chi connectivity index (χ4n) is 4.93. The normalized spacial score (nSPS) is 21.3. The maximum atomic E-state index is 13.9. The molecule has 2 aliphatic heterocycles. The van der Waals surface area contributed by atoms with Crippen molar-refractivity contribution >= 4 is 5.69 Å². The second-order valence-corrected chi connectivity index (χ2v) is 8.39. The molecule has 0 amide bonds. The number of allylic oxidation sites excluding steroid dienone is 1. The number of rotatable bonds is 3. The highest BCUT2D eigenvalue weighted by Crippen LogP contribution is 2.53. The maximum Gasteiger partial charge on any atom is 0.416 e. The molecular formula is C22H24F3N5O. The van der Waals surface area contributed by atoms with Gasteiger partial charge in [-0.1, -0.05) is 13.8 Å². The van der Waals surface area contributed by atoms with E-state index in [2.05, 4.69) is 16.3 Å². The Morgan fingerprint density at radius 3 is 2.52 bits per heavy atom. The summed E-state index contributed by atoms with van der Waals surface area (Å²) >= 11 is 0. The molecule has 1 saturated heterocycles. The van der Waals surface area contributed by atoms with Crippen LogP contribution >= 0.6 is 0 Å². The number of halogens is 3. The van der Waals surface area contributed by atoms with Gasteiger partial charge in [-0.05, 0) is 49.4 Å². The minimum absolute atomic E-state index is 0.0891. The van der Waals surface area contributed by atoms with Gasteiger partial charge in [0.05, 0.1) is 22.2 Å². The standard InChI is InChI=1S/C22H24F3N5O/c1-12(2)21(17(11-26)19(27)31-20-18(21)13(3)28-29-20)14-8-15(22(23,24)25)10-16(9-14)30-6-4-5-7-30/h8-10,12H,4-7,27H2,1-3H3,(H,28,29). The molecule has 164 valence electrons. The van der Waals surface area contributed by atoms with E-state index in [1.165, 1.54) is 6.07 Å². The molecule has 0 radical (unpaired) electrons. The first-order chi connectivity index (χ1) is 14.6. The number of H-pyrrole nitrogens is 1. The lowest BCUT2D eigenvalue weighted by atomic mass is 9.61. The summed E-state index contributed by atoms with van der Waals surface area (Å²) in [4.78, 5) is 1.95. The number of nitriles is 1. The van der Waals surface area contributed by atoms with Crippen molar-refractivity contribution < 1.29 is 17.9 Å². The first-order valence-corrected chi connectivity index (χ1v) is 10.2. The van der Waals surface area contributed by atoms with Gasteiger partial charge in [0.1, 0.15) is 11.6 Å². The number of fused-ring (bicyclic) bond motifs is 1. The Labute approximate surface area is 178 Å². The minimum atomic E-state index is -4.54. The van der Waals surface area contributed by atoms with Gasteiger partial charge in [-0.25, -0.2) is 5.10 Å². The van der Waals surface area contributed by atoms with Gasteiger partial charge in [-0.3, -0.25) is 0 Å². The molecule has 1 aromatic heterocycles. The van der Waals surface area contributed by atoms with Gasteiger partial charge in [0, 0.05) is 18.8 Å². The van der Waals surface area contributed by atoms with Gasteiger partial charge in [-0.2, -0.15) is 23.5 Å². The van der Waals surface area contributed by atoms with Crippen molar-refractivity contribution in [2.24, 2.45) is 11.7 Å². The van der Waals surface area contributed by atoms with Crippen LogP contribution in [0.4, 0.5) is 18.9 Å². The quantitative estimate of drug-likeness (QED) is 0.753. The zero-order valence-electron chi connectivity index (χ0n) is 17.6. The number of nitrogens with two attached hydrogens (primary N) is 1. The number of nitrogens with one attached hydrogen (secondary N) is 1. The molecule has 31 heavy (non-hydrogen) atoms. The topological polar surface area (TPSA) is 91.0 Å². The molecule has 1 aromatic carbocycles. The predicted molar refractivity (Wildman–Crippen MR) is 109 cm³/mol. The Kier molecular flexibility index (Phi) is 4.91. The van der Waals surface area contributed by atoms with Crippen LogP contribution in [0.2, 0.25) is 0 Å². The van der Waals surface area contributed by atoms with E-state index >= 15 is 0 Å². The molecule has 0 saturated carbocycles. The molecule has 1 unspecified atom stereocenters. The first kappa shape index (κ1) is 21.1. The molecule has 3 N–H and O–H groups in total. The monoisotopic (exact) mass is 431 g/mol. The number of hydrogen-bond acceptors (Lipinski definition) is 5. The highest BCUT2D eigenvalue weighted by atomic mass is 19.4. The van der Waals surface area contributed by atoms with Crippen molar-refractivity contribution in [3.63, 3.8) is 0 Å². The molecule has 2 aromatic rings. The smallest absolute Gasteiger partial charge is 0.416 e. The molecule has 1 atom stereocenters. The summed E-state index contributed by atoms with van der Waals surface area (Å²) < 4.78 is 47.4. The number of benzene rings is 1. The molecule has 4 rings (SSSR count). The zero-order valence-corrected chi connectivity index (χ0v) is 17.6. The maximum absolute atomic E-state index is 13.9. The summed E-state index contributed by atoms with van der Waals surface area (Å²) in [6.45, 7) is 6.85. The highest BCUT2D eigenvalue weighted by molar-refractivity contribution is 5.65. The largest absolute Gasteiger partial charge is 0.422 e. The Bertz CT molecular complexity index is 1090. The van der Waals surface area contributed by atoms with Crippen molar-refractivity contribution in [3.8, 4) is 11.9 Å². The number of aromatic amines is 1. The third kappa shape index (κ3) is 3.12. The van der Waals surface area contributed by atoms with Crippen LogP contribution in [0.5, 0.6) is 5.88 Å². The Balaban J connectivity index is 2.09. The van der Waals surface area contributed by atoms with Crippen LogP contribution in [0.3, 0.4) is 0 Å². The van der Waals surface area contributed by atoms with Gasteiger partial charge >= 0.3 is 6.18 Å². The van der Waals surface area contributed by atoms with Gasteiger partial charge in [0.15, 0.2) is 0 Å². The molecule has 2 aliphatic rings. The summed E-state index contributed by atoms with van der Waals surface area (Å²) in [6.07, 6.45) is -2.68. The molecule has 3 heterocycles. The van der Waals surface area contributed by atoms with Crippen LogP contribution in [0.1, 0.15) is 49.1 Å². The van der Waals surface area contributed by atoms with Crippen LogP contribution in [0.25, 0.3) is 0 Å². The lowest BCUT2D eigenvalue weighted by Crippen LogP contribution is -2.41. The fourth-order valence-corrected chi connectivity index (χ4v) is 4.93. The SMILES string of the molecule is Cc1n[nH]c2c1C(c1cc(N3CCCC3)cc(C(F)(F)F)c1)(C(C)C)C(C#N)=C(N)O2. The molecular weight excluding hydrogens is 407 g/mol. The Morgan fingerprint density at radius 1 is 1.26 bits per heavy atom. The second kappa shape index (κ2) is 7.22. The van der Waals surface area contributed by atoms with Crippen LogP contribution in [0, 0.1) is 24.2 Å². The number of alkyl halides is 3. The van der Waals surface area contributed by atoms with Crippen LogP contribution < -0.4 is 15.4 Å². The number of aryl methyl sites for hydroxylation is 1. The van der Waals surface area contributed by atoms with E-state index in [4.69, 9.17) is 10.5 Å². The Hall–Kier alpha value is -3.15. The van der Waals surface area contributed by atoms with Crippen molar-refractivity contribution in [1.82, 2.24) is 10.2 Å². The number of aromatic nitrogens is 2. The van der Waals surface area contributed by atoms with Crippen molar-refractivity contribution in [1.29, 1.82) is 5.26 Å². The van der Waals surface area contributed by atoms with E-state index < -0.39 is 17.2 Å². The van der Waals surface area contributed by atoms with E-state index in [-0.39, 0.29) is 23.3 Å². The van der Waals surface area contributed by atoms with Gasteiger partial charge in [-0.15, -0.1) is 0 Å². The third-order valence-electron chi connectivity index (χ3n) is 6.31. The van der Waals surface area contributed by atoms with Gasteiger partial charge in [0.25, 0.3) is 0 Å². The third-order valence-corrected chi connectivity index (χ3v) is 6.31. The molecule has 9 heteroatoms. The van der Waals surface area contributed by atoms with Crippen molar-refractivity contribution in [3.05, 3.63) is 52.0 Å². The van der Waals surface area contributed by atoms with Crippen LogP contribution in [-0.2, 0) is 11.6 Å². The van der Waals surface area contributed by atoms with Crippen LogP contribution in [-0.4, -0.2) is 23.3 Å². The van der Waals surface area contributed by atoms with E-state index in [1.54, 1.807) is 13.0 Å². The molecule has 6 nitrogen and oxygen atoms in total. The van der Waals surface area contributed by atoms with E-state index in [0.29, 0.717) is 35.6 Å². The lowest BCUT2D eigenvalue weighted by molar-refractivity contribution is -0.137. The number of anilines is 1. The average molecular weight is 431 g/mol. The van der Waals surface area contributed by atoms with E-state index in [0.717, 1.165) is 18.9 Å². The number of nitrogens with zero attached hydrogens (tertiary/aromatic N) is 3. The summed E-state index contributed by atoms with van der Waals surface area (Å²) in [7, 11) is 0. The minimum Gasteiger partial charge on any atom is -0.422 e. The average Bonchev–Trinajstić information content (AvgIpc) is 3.36. The summed E-state index contributed by atoms with van der Waals surface area (Å²) in [5.41, 5.74) is 6.14. The number of ether oxygens (including phenoxy) is 1. The predicted octanol–water partition coefficient (Wildman–Crippen LogP) is 4.37. The first-order valence-electron chi connectivity index (χ1n) is 10.2. The summed E-state index contributed by atoms with van der Waals surface area (Å²) in [5, 5.41) is 17.0. The molecule has 0 bridgehead atoms. The van der Waals surface area contributed by atoms with Crippen molar-refractivity contribution in [2.45, 2.75) is 45.2 Å². The Morgan fingerprint density at radius 2 is 1.94 bits per heavy atom. The fraction of sp³-hybridized carbons (Fsp3) is 0.455. The van der Waals surface area contributed by atoms with Gasteiger partial charge < -0.3 is 15.4 Å². The van der Waals surface area contributed by atoms with Crippen LogP contribution in [0.15, 0.2) is 29.7 Å². The zero-order chi connectivity index (χ0) is 22.6. The molecule has 0 aliphatic carbocycles. The second-order valence-electron chi connectivity index (χ2n) is 8.39. The van der Waals surface area contributed by atoms with E-state index in [1.807, 2.05) is 18.7 Å². The lowest BCUT2D eigenvalue weighted by Gasteiger charge is -2.41. The van der Waals surface area contributed by atoms with E-state index in [9.17, 15) is 18.4 Å². The highest BCUT2D eigenvalue weighted by Gasteiger charge is 2.51. The summed E-state index contributed by atoms with van der Waals surface area (Å²) in [5.74, 6) is -0.190. The van der Waals surface area contributed by atoms with Crippen molar-refractivity contribution in [2.75, 3.05) is 18.0 Å². The molecule has 1 fully saturated rings. The summed E-state index contributed by atoms with van der Waals surface area (Å²) in [6, 6.07) is 6.19.